The minimum absolute atomic E-state index is 0.0205. The molecule has 0 amide bonds. The Bertz CT molecular complexity index is 1290. The summed E-state index contributed by atoms with van der Waals surface area (Å²) < 4.78 is 36.1. The molecule has 0 atom stereocenters. The van der Waals surface area contributed by atoms with E-state index in [1.807, 2.05) is 12.1 Å². The van der Waals surface area contributed by atoms with Gasteiger partial charge in [0.1, 0.15) is 30.2 Å². The lowest BCUT2D eigenvalue weighted by molar-refractivity contribution is -0.197. The van der Waals surface area contributed by atoms with Gasteiger partial charge < -0.3 is 29.2 Å². The average Bonchev–Trinajstić information content (AvgIpc) is 2.89. The molecule has 5 rings (SSSR count). The van der Waals surface area contributed by atoms with Crippen molar-refractivity contribution in [3.63, 3.8) is 0 Å². The third kappa shape index (κ3) is 5.87. The smallest absolute Gasteiger partial charge is 0.332 e. The molecule has 2 aromatic carbocycles. The Morgan fingerprint density at radius 3 is 2.78 bits per heavy atom. The largest absolute Gasteiger partial charge is 0.493 e. The second kappa shape index (κ2) is 11.0. The first-order chi connectivity index (χ1) is 17.9. The maximum atomic E-state index is 13.5. The molecule has 1 aromatic heterocycles. The minimum Gasteiger partial charge on any atom is -0.493 e. The number of halogens is 2. The summed E-state index contributed by atoms with van der Waals surface area (Å²) in [6.45, 7) is 3.61. The Labute approximate surface area is 218 Å². The summed E-state index contributed by atoms with van der Waals surface area (Å²) in [7, 11) is 1.58. The molecule has 0 bridgehead atoms. The molecule has 2 aliphatic rings. The standard InChI is InChI=1S/C26H28ClFN4O5/c1-34-22-12-18-21(29-16-30-25(18)31-17-3-4-20(28)19(27)11-17)13-23(22)36-10-2-7-32-8-5-26(6-9-32)15-35-14-24(33)37-26/h3-4,11-13,16H,2,5-10,14-15H2,1H3,(H,29,30,31). The number of nitrogens with zero attached hydrogens (tertiary/aromatic N) is 3. The fourth-order valence-corrected chi connectivity index (χ4v) is 4.85. The Hall–Kier alpha value is -3.21. The number of likely N-dealkylation sites (tertiary alicyclic amines) is 1. The van der Waals surface area contributed by atoms with Gasteiger partial charge in [0.05, 0.1) is 30.9 Å². The maximum absolute atomic E-state index is 13.5. The molecule has 196 valence electrons. The predicted octanol–water partition coefficient (Wildman–Crippen LogP) is 4.35. The molecule has 0 unspecified atom stereocenters. The highest BCUT2D eigenvalue weighted by Crippen LogP contribution is 2.35. The van der Waals surface area contributed by atoms with Gasteiger partial charge >= 0.3 is 5.97 Å². The number of hydrogen-bond acceptors (Lipinski definition) is 9. The molecule has 1 N–H and O–H groups in total. The number of fused-ring (bicyclic) bond motifs is 1. The van der Waals surface area contributed by atoms with Gasteiger partial charge in [-0.25, -0.2) is 19.2 Å². The molecule has 0 saturated carbocycles. The first-order valence-electron chi connectivity index (χ1n) is 12.1. The molecule has 11 heteroatoms. The summed E-state index contributed by atoms with van der Waals surface area (Å²) in [5, 5.41) is 3.90. The van der Waals surface area contributed by atoms with Gasteiger partial charge in [-0.05, 0) is 30.7 Å². The Morgan fingerprint density at radius 2 is 2.03 bits per heavy atom. The van der Waals surface area contributed by atoms with Gasteiger partial charge in [0.25, 0.3) is 0 Å². The molecule has 0 radical (unpaired) electrons. The number of ether oxygens (including phenoxy) is 4. The second-order valence-electron chi connectivity index (χ2n) is 9.19. The first-order valence-corrected chi connectivity index (χ1v) is 12.5. The summed E-state index contributed by atoms with van der Waals surface area (Å²) in [6.07, 6.45) is 3.83. The molecular formula is C26H28ClFN4O5. The molecule has 37 heavy (non-hydrogen) atoms. The number of nitrogens with one attached hydrogen (secondary N) is 1. The lowest BCUT2D eigenvalue weighted by Crippen LogP contribution is -2.53. The quantitative estimate of drug-likeness (QED) is 0.337. The van der Waals surface area contributed by atoms with Crippen molar-refractivity contribution < 1.29 is 28.1 Å². The third-order valence-electron chi connectivity index (χ3n) is 6.66. The van der Waals surface area contributed by atoms with Gasteiger partial charge in [-0.3, -0.25) is 0 Å². The van der Waals surface area contributed by atoms with Crippen LogP contribution in [0, 0.1) is 5.82 Å². The van der Waals surface area contributed by atoms with E-state index in [1.165, 1.54) is 18.5 Å². The average molecular weight is 531 g/mol. The summed E-state index contributed by atoms with van der Waals surface area (Å²) in [6, 6.07) is 8.01. The highest BCUT2D eigenvalue weighted by atomic mass is 35.5. The molecule has 9 nitrogen and oxygen atoms in total. The zero-order chi connectivity index (χ0) is 25.8. The van der Waals surface area contributed by atoms with Crippen molar-refractivity contribution in [1.29, 1.82) is 0 Å². The minimum atomic E-state index is -0.489. The highest BCUT2D eigenvalue weighted by Gasteiger charge is 2.41. The third-order valence-corrected chi connectivity index (χ3v) is 6.95. The van der Waals surface area contributed by atoms with Crippen LogP contribution in [0.3, 0.4) is 0 Å². The van der Waals surface area contributed by atoms with Crippen LogP contribution < -0.4 is 14.8 Å². The van der Waals surface area contributed by atoms with E-state index in [2.05, 4.69) is 20.2 Å². The normalized spacial score (nSPS) is 17.5. The molecular weight excluding hydrogens is 503 g/mol. The highest BCUT2D eigenvalue weighted by molar-refractivity contribution is 6.31. The summed E-state index contributed by atoms with van der Waals surface area (Å²) >= 11 is 5.91. The van der Waals surface area contributed by atoms with Crippen molar-refractivity contribution in [2.24, 2.45) is 0 Å². The van der Waals surface area contributed by atoms with Crippen molar-refractivity contribution in [3.8, 4) is 11.5 Å². The van der Waals surface area contributed by atoms with Gasteiger partial charge in [-0.1, -0.05) is 11.6 Å². The Morgan fingerprint density at radius 1 is 1.19 bits per heavy atom. The van der Waals surface area contributed by atoms with Crippen LogP contribution in [0.2, 0.25) is 5.02 Å². The van der Waals surface area contributed by atoms with Crippen LogP contribution in [0.1, 0.15) is 19.3 Å². The van der Waals surface area contributed by atoms with Crippen LogP contribution in [0.4, 0.5) is 15.9 Å². The van der Waals surface area contributed by atoms with Gasteiger partial charge in [0.15, 0.2) is 11.5 Å². The lowest BCUT2D eigenvalue weighted by atomic mass is 9.91. The van der Waals surface area contributed by atoms with Gasteiger partial charge in [0.2, 0.25) is 0 Å². The molecule has 0 aliphatic carbocycles. The lowest BCUT2D eigenvalue weighted by Gasteiger charge is -2.42. The fraction of sp³-hybridized carbons (Fsp3) is 0.423. The van der Waals surface area contributed by atoms with Gasteiger partial charge in [-0.2, -0.15) is 0 Å². The first kappa shape index (κ1) is 25.4. The zero-order valence-electron chi connectivity index (χ0n) is 20.5. The summed E-state index contributed by atoms with van der Waals surface area (Å²) in [5.74, 6) is 0.923. The van der Waals surface area contributed by atoms with Crippen molar-refractivity contribution in [1.82, 2.24) is 14.9 Å². The van der Waals surface area contributed by atoms with E-state index in [-0.39, 0.29) is 17.6 Å². The number of hydrogen-bond donors (Lipinski definition) is 1. The SMILES string of the molecule is COc1cc2c(Nc3ccc(F)c(Cl)c3)ncnc2cc1OCCCN1CCC2(CC1)COCC(=O)O2. The number of piperidine rings is 1. The number of methoxy groups -OCH3 is 1. The molecule has 2 fully saturated rings. The van der Waals surface area contributed by atoms with Gasteiger partial charge in [-0.15, -0.1) is 0 Å². The van der Waals surface area contributed by atoms with E-state index in [0.29, 0.717) is 41.7 Å². The topological polar surface area (TPSA) is 95.0 Å². The van der Waals surface area contributed by atoms with Crippen molar-refractivity contribution in [2.75, 3.05) is 51.9 Å². The number of carbonyl (C=O) groups excluding carboxylic acids is 1. The van der Waals surface area contributed by atoms with E-state index >= 15 is 0 Å². The molecule has 2 aliphatic heterocycles. The number of carbonyl (C=O) groups is 1. The maximum Gasteiger partial charge on any atom is 0.332 e. The van der Waals surface area contributed by atoms with Crippen LogP contribution in [0.25, 0.3) is 10.9 Å². The predicted molar refractivity (Wildman–Crippen MR) is 136 cm³/mol. The van der Waals surface area contributed by atoms with E-state index in [4.69, 9.17) is 30.5 Å². The summed E-state index contributed by atoms with van der Waals surface area (Å²) in [4.78, 5) is 22.7. The van der Waals surface area contributed by atoms with E-state index in [0.717, 1.165) is 44.3 Å². The second-order valence-corrected chi connectivity index (χ2v) is 9.60. The number of benzene rings is 2. The summed E-state index contributed by atoms with van der Waals surface area (Å²) in [5.41, 5.74) is 0.815. The molecule has 1 spiro atoms. The Balaban J connectivity index is 1.19. The molecule has 3 heterocycles. The number of anilines is 2. The van der Waals surface area contributed by atoms with Crippen LogP contribution in [0.5, 0.6) is 11.5 Å². The monoisotopic (exact) mass is 530 g/mol. The Kier molecular flexibility index (Phi) is 7.59. The van der Waals surface area contributed by atoms with E-state index in [9.17, 15) is 9.18 Å². The fourth-order valence-electron chi connectivity index (χ4n) is 4.67. The van der Waals surface area contributed by atoms with Gasteiger partial charge in [0, 0.05) is 49.6 Å². The van der Waals surface area contributed by atoms with Crippen LogP contribution in [-0.4, -0.2) is 73.0 Å². The number of rotatable bonds is 8. The number of aromatic nitrogens is 2. The molecule has 2 saturated heterocycles. The molecule has 3 aromatic rings. The van der Waals surface area contributed by atoms with E-state index in [1.54, 1.807) is 13.2 Å². The van der Waals surface area contributed by atoms with Crippen molar-refractivity contribution in [2.45, 2.75) is 24.9 Å². The van der Waals surface area contributed by atoms with E-state index < -0.39 is 11.4 Å². The number of esters is 1. The van der Waals surface area contributed by atoms with Crippen molar-refractivity contribution in [3.05, 3.63) is 47.5 Å². The zero-order valence-corrected chi connectivity index (χ0v) is 21.2. The van der Waals surface area contributed by atoms with Crippen molar-refractivity contribution >= 4 is 40.0 Å². The van der Waals surface area contributed by atoms with Crippen LogP contribution >= 0.6 is 11.6 Å². The van der Waals surface area contributed by atoms with Crippen LogP contribution in [0.15, 0.2) is 36.7 Å². The van der Waals surface area contributed by atoms with Crippen LogP contribution in [-0.2, 0) is 14.3 Å².